The van der Waals surface area contributed by atoms with E-state index in [9.17, 15) is 0 Å². The molecule has 0 aromatic carbocycles. The highest BCUT2D eigenvalue weighted by atomic mass is 16.3. The summed E-state index contributed by atoms with van der Waals surface area (Å²) in [7, 11) is 1.92. The number of nitrogens with two attached hydrogens (primary N) is 1. The molecule has 0 unspecified atom stereocenters. The van der Waals surface area contributed by atoms with E-state index in [1.54, 1.807) is 0 Å². The van der Waals surface area contributed by atoms with Gasteiger partial charge in [0.2, 0.25) is 0 Å². The molecule has 0 radical (unpaired) electrons. The predicted molar refractivity (Wildman–Crippen MR) is 46.5 cm³/mol. The second-order valence-electron chi connectivity index (χ2n) is 2.46. The quantitative estimate of drug-likeness (QED) is 0.423. The van der Waals surface area contributed by atoms with Crippen LogP contribution in [-0.4, -0.2) is 56.4 Å². The van der Waals surface area contributed by atoms with Gasteiger partial charge in [-0.25, -0.2) is 0 Å². The SMILES string of the molecule is CNCCN(CCN)CCO. The van der Waals surface area contributed by atoms with Gasteiger partial charge in [-0.3, -0.25) is 4.90 Å². The van der Waals surface area contributed by atoms with Gasteiger partial charge in [0.05, 0.1) is 6.61 Å². The molecule has 4 N–H and O–H groups in total. The van der Waals surface area contributed by atoms with Crippen LogP contribution in [0.5, 0.6) is 0 Å². The van der Waals surface area contributed by atoms with Crippen LogP contribution >= 0.6 is 0 Å². The summed E-state index contributed by atoms with van der Waals surface area (Å²) in [5.74, 6) is 0. The summed E-state index contributed by atoms with van der Waals surface area (Å²) >= 11 is 0. The minimum absolute atomic E-state index is 0.212. The van der Waals surface area contributed by atoms with E-state index >= 15 is 0 Å². The van der Waals surface area contributed by atoms with Crippen molar-refractivity contribution in [3.05, 3.63) is 0 Å². The highest BCUT2D eigenvalue weighted by molar-refractivity contribution is 4.58. The lowest BCUT2D eigenvalue weighted by Crippen LogP contribution is -2.36. The first-order valence-corrected chi connectivity index (χ1v) is 4.03. The van der Waals surface area contributed by atoms with E-state index in [-0.39, 0.29) is 6.61 Å². The highest BCUT2D eigenvalue weighted by Gasteiger charge is 2.00. The van der Waals surface area contributed by atoms with Gasteiger partial charge in [0.1, 0.15) is 0 Å². The van der Waals surface area contributed by atoms with Gasteiger partial charge in [-0.05, 0) is 7.05 Å². The molecular formula is C7H19N3O. The van der Waals surface area contributed by atoms with Gasteiger partial charge in [0.25, 0.3) is 0 Å². The van der Waals surface area contributed by atoms with Gasteiger partial charge in [0.15, 0.2) is 0 Å². The molecule has 0 amide bonds. The molecule has 4 nitrogen and oxygen atoms in total. The van der Waals surface area contributed by atoms with Gasteiger partial charge >= 0.3 is 0 Å². The van der Waals surface area contributed by atoms with Gasteiger partial charge in [-0.2, -0.15) is 0 Å². The monoisotopic (exact) mass is 161 g/mol. The zero-order valence-electron chi connectivity index (χ0n) is 7.21. The van der Waals surface area contributed by atoms with Gasteiger partial charge in [0, 0.05) is 32.7 Å². The van der Waals surface area contributed by atoms with Crippen molar-refractivity contribution in [2.75, 3.05) is 46.4 Å². The van der Waals surface area contributed by atoms with Crippen LogP contribution in [0.25, 0.3) is 0 Å². The van der Waals surface area contributed by atoms with Crippen LogP contribution in [0.1, 0.15) is 0 Å². The Bertz CT molecular complexity index is 74.1. The first kappa shape index (κ1) is 10.8. The van der Waals surface area contributed by atoms with Crippen molar-refractivity contribution < 1.29 is 5.11 Å². The van der Waals surface area contributed by atoms with E-state index < -0.39 is 0 Å². The third-order valence-corrected chi connectivity index (χ3v) is 1.54. The topological polar surface area (TPSA) is 61.5 Å². The molecule has 0 atom stereocenters. The fourth-order valence-corrected chi connectivity index (χ4v) is 0.929. The zero-order valence-corrected chi connectivity index (χ0v) is 7.21. The molecule has 0 saturated carbocycles. The lowest BCUT2D eigenvalue weighted by Gasteiger charge is -2.19. The smallest absolute Gasteiger partial charge is 0.0558 e. The molecule has 68 valence electrons. The van der Waals surface area contributed by atoms with Crippen molar-refractivity contribution in [1.82, 2.24) is 10.2 Å². The molecule has 0 heterocycles. The lowest BCUT2D eigenvalue weighted by atomic mass is 10.4. The largest absolute Gasteiger partial charge is 0.395 e. The van der Waals surface area contributed by atoms with Crippen molar-refractivity contribution in [2.45, 2.75) is 0 Å². The van der Waals surface area contributed by atoms with Crippen LogP contribution in [-0.2, 0) is 0 Å². The van der Waals surface area contributed by atoms with Crippen molar-refractivity contribution >= 4 is 0 Å². The Hall–Kier alpha value is -0.160. The van der Waals surface area contributed by atoms with Crippen LogP contribution in [0.15, 0.2) is 0 Å². The maximum Gasteiger partial charge on any atom is 0.0558 e. The zero-order chi connectivity index (χ0) is 8.53. The Labute approximate surface area is 68.4 Å². The van der Waals surface area contributed by atoms with Crippen molar-refractivity contribution in [1.29, 1.82) is 0 Å². The van der Waals surface area contributed by atoms with Crippen LogP contribution < -0.4 is 11.1 Å². The third-order valence-electron chi connectivity index (χ3n) is 1.54. The fraction of sp³-hybridized carbons (Fsp3) is 1.00. The fourth-order valence-electron chi connectivity index (χ4n) is 0.929. The summed E-state index contributed by atoms with van der Waals surface area (Å²) in [5, 5.41) is 11.7. The number of rotatable bonds is 7. The molecule has 4 heteroatoms. The maximum atomic E-state index is 8.66. The van der Waals surface area contributed by atoms with Gasteiger partial charge in [-0.15, -0.1) is 0 Å². The molecule has 0 aliphatic carbocycles. The van der Waals surface area contributed by atoms with E-state index in [0.717, 1.165) is 26.2 Å². The van der Waals surface area contributed by atoms with E-state index in [1.165, 1.54) is 0 Å². The summed E-state index contributed by atoms with van der Waals surface area (Å²) in [6.45, 7) is 4.35. The van der Waals surface area contributed by atoms with Crippen molar-refractivity contribution in [3.8, 4) is 0 Å². The molecular weight excluding hydrogens is 142 g/mol. The highest BCUT2D eigenvalue weighted by Crippen LogP contribution is 1.83. The number of nitrogens with one attached hydrogen (secondary N) is 1. The van der Waals surface area contributed by atoms with E-state index in [0.29, 0.717) is 6.54 Å². The Morgan fingerprint density at radius 1 is 1.36 bits per heavy atom. The Morgan fingerprint density at radius 2 is 2.09 bits per heavy atom. The number of nitrogens with zero attached hydrogens (tertiary/aromatic N) is 1. The summed E-state index contributed by atoms with van der Waals surface area (Å²) in [4.78, 5) is 2.14. The van der Waals surface area contributed by atoms with Crippen LogP contribution in [0, 0.1) is 0 Å². The lowest BCUT2D eigenvalue weighted by molar-refractivity contribution is 0.200. The molecule has 0 saturated heterocycles. The Balaban J connectivity index is 3.34. The number of likely N-dealkylation sites (N-methyl/N-ethyl adjacent to an activating group) is 1. The Kier molecular flexibility index (Phi) is 7.83. The maximum absolute atomic E-state index is 8.66. The first-order chi connectivity index (χ1) is 5.35. The van der Waals surface area contributed by atoms with Crippen LogP contribution in [0.3, 0.4) is 0 Å². The summed E-state index contributed by atoms with van der Waals surface area (Å²) in [5.41, 5.74) is 5.39. The Morgan fingerprint density at radius 3 is 2.55 bits per heavy atom. The van der Waals surface area contributed by atoms with Crippen molar-refractivity contribution in [3.63, 3.8) is 0 Å². The second kappa shape index (κ2) is 7.94. The molecule has 0 aromatic heterocycles. The molecule has 0 bridgehead atoms. The molecule has 11 heavy (non-hydrogen) atoms. The number of hydrogen-bond acceptors (Lipinski definition) is 4. The van der Waals surface area contributed by atoms with E-state index in [1.807, 2.05) is 7.05 Å². The minimum Gasteiger partial charge on any atom is -0.395 e. The minimum atomic E-state index is 0.212. The summed E-state index contributed by atoms with van der Waals surface area (Å²) in [6.07, 6.45) is 0. The average molecular weight is 161 g/mol. The third kappa shape index (κ3) is 6.25. The molecule has 0 aromatic rings. The van der Waals surface area contributed by atoms with Gasteiger partial charge in [-0.1, -0.05) is 0 Å². The average Bonchev–Trinajstić information content (AvgIpc) is 2.01. The van der Waals surface area contributed by atoms with Crippen LogP contribution in [0.4, 0.5) is 0 Å². The number of aliphatic hydroxyl groups excluding tert-OH is 1. The number of hydrogen-bond donors (Lipinski definition) is 3. The second-order valence-corrected chi connectivity index (χ2v) is 2.46. The standard InChI is InChI=1S/C7H19N3O/c1-9-3-5-10(4-2-8)6-7-11/h9,11H,2-8H2,1H3. The molecule has 0 fully saturated rings. The normalized spacial score (nSPS) is 10.9. The van der Waals surface area contributed by atoms with E-state index in [4.69, 9.17) is 10.8 Å². The summed E-state index contributed by atoms with van der Waals surface area (Å²) in [6, 6.07) is 0. The molecule has 0 spiro atoms. The summed E-state index contributed by atoms with van der Waals surface area (Å²) < 4.78 is 0. The van der Waals surface area contributed by atoms with E-state index in [2.05, 4.69) is 10.2 Å². The first-order valence-electron chi connectivity index (χ1n) is 4.03. The predicted octanol–water partition coefficient (Wildman–Crippen LogP) is -1.54. The molecule has 0 rings (SSSR count). The number of aliphatic hydroxyl groups is 1. The van der Waals surface area contributed by atoms with Gasteiger partial charge < -0.3 is 16.2 Å². The molecule has 0 aliphatic rings. The van der Waals surface area contributed by atoms with Crippen LogP contribution in [0.2, 0.25) is 0 Å². The molecule has 0 aliphatic heterocycles. The van der Waals surface area contributed by atoms with Crippen molar-refractivity contribution in [2.24, 2.45) is 5.73 Å².